The van der Waals surface area contributed by atoms with Gasteiger partial charge in [0.05, 0.1) is 6.04 Å². The van der Waals surface area contributed by atoms with Crippen molar-refractivity contribution in [2.24, 2.45) is 0 Å². The lowest BCUT2D eigenvalue weighted by Gasteiger charge is -2.41. The van der Waals surface area contributed by atoms with Crippen LogP contribution < -0.4 is 4.90 Å². The van der Waals surface area contributed by atoms with E-state index in [1.54, 1.807) is 11.8 Å². The van der Waals surface area contributed by atoms with E-state index in [2.05, 4.69) is 24.0 Å². The highest BCUT2D eigenvalue weighted by atomic mass is 16.3. The largest absolute Gasteiger partial charge is 0.448 e. The highest BCUT2D eigenvalue weighted by molar-refractivity contribution is 6.01. The first-order valence-corrected chi connectivity index (χ1v) is 10.8. The molecule has 1 atom stereocenters. The monoisotopic (exact) mass is 417 g/mol. The molecule has 1 fully saturated rings. The van der Waals surface area contributed by atoms with Crippen LogP contribution in [-0.2, 0) is 4.79 Å². The molecule has 0 radical (unpaired) electrons. The fraction of sp³-hybridized carbons (Fsp3) is 0.320. The van der Waals surface area contributed by atoms with E-state index in [4.69, 9.17) is 4.42 Å². The number of unbranched alkanes of at least 4 members (excludes halogenated alkanes) is 1. The van der Waals surface area contributed by atoms with Gasteiger partial charge in [-0.2, -0.15) is 0 Å². The lowest BCUT2D eigenvalue weighted by atomic mass is 10.0. The summed E-state index contributed by atoms with van der Waals surface area (Å²) in [5.74, 6) is 0.149. The van der Waals surface area contributed by atoms with Crippen LogP contribution in [0.4, 0.5) is 5.69 Å². The molecule has 3 aromatic rings. The van der Waals surface area contributed by atoms with Crippen LogP contribution in [0.3, 0.4) is 0 Å². The lowest BCUT2D eigenvalue weighted by molar-refractivity contribution is -0.121. The van der Waals surface area contributed by atoms with Gasteiger partial charge in [0.25, 0.3) is 5.91 Å². The number of aryl methyl sites for hydroxylation is 1. The van der Waals surface area contributed by atoms with E-state index in [0.717, 1.165) is 36.1 Å². The number of oxazole rings is 1. The Balaban J connectivity index is 1.61. The molecule has 0 spiro atoms. The van der Waals surface area contributed by atoms with Crippen molar-refractivity contribution in [3.05, 3.63) is 72.4 Å². The number of amides is 2. The first kappa shape index (κ1) is 20.8. The molecule has 0 saturated carbocycles. The van der Waals surface area contributed by atoms with Gasteiger partial charge in [0.15, 0.2) is 12.1 Å². The summed E-state index contributed by atoms with van der Waals surface area (Å²) in [4.78, 5) is 33.8. The van der Waals surface area contributed by atoms with Crippen LogP contribution in [0.5, 0.6) is 0 Å². The van der Waals surface area contributed by atoms with E-state index in [1.807, 2.05) is 47.4 Å². The number of carbonyl (C=O) groups excluding carboxylic acids is 2. The molecule has 0 aliphatic carbocycles. The molecular formula is C25H27N3O3. The number of rotatable bonds is 6. The van der Waals surface area contributed by atoms with Gasteiger partial charge in [-0.3, -0.25) is 9.59 Å². The van der Waals surface area contributed by atoms with Gasteiger partial charge in [0, 0.05) is 12.2 Å². The average molecular weight is 418 g/mol. The van der Waals surface area contributed by atoms with Crippen LogP contribution in [0.2, 0.25) is 0 Å². The summed E-state index contributed by atoms with van der Waals surface area (Å²) >= 11 is 0. The number of aromatic nitrogens is 1. The molecule has 2 heterocycles. The summed E-state index contributed by atoms with van der Waals surface area (Å²) in [6.45, 7) is 4.35. The smallest absolute Gasteiger partial charge is 0.276 e. The SMILES string of the molecule is CCCCC1CN(c2cccc(-c3ccccc3)c2)C(=O)CN1C(=O)c1ncoc1C. The van der Waals surface area contributed by atoms with Crippen molar-refractivity contribution in [1.29, 1.82) is 0 Å². The summed E-state index contributed by atoms with van der Waals surface area (Å²) in [6.07, 6.45) is 4.12. The maximum atomic E-state index is 13.1. The fourth-order valence-electron chi connectivity index (χ4n) is 4.08. The van der Waals surface area contributed by atoms with Crippen molar-refractivity contribution in [2.75, 3.05) is 18.0 Å². The Bertz CT molecular complexity index is 1060. The Kier molecular flexibility index (Phi) is 6.16. The molecule has 4 rings (SSSR count). The van der Waals surface area contributed by atoms with E-state index >= 15 is 0 Å². The zero-order valence-corrected chi connectivity index (χ0v) is 18.0. The number of nitrogens with zero attached hydrogens (tertiary/aromatic N) is 3. The van der Waals surface area contributed by atoms with E-state index < -0.39 is 0 Å². The average Bonchev–Trinajstić information content (AvgIpc) is 3.24. The topological polar surface area (TPSA) is 66.7 Å². The second kappa shape index (κ2) is 9.16. The Hall–Kier alpha value is -3.41. The predicted octanol–water partition coefficient (Wildman–Crippen LogP) is 4.70. The number of hydrogen-bond donors (Lipinski definition) is 0. The van der Waals surface area contributed by atoms with Crippen LogP contribution in [-0.4, -0.2) is 40.8 Å². The number of anilines is 1. The Morgan fingerprint density at radius 1 is 1.13 bits per heavy atom. The van der Waals surface area contributed by atoms with Gasteiger partial charge >= 0.3 is 0 Å². The predicted molar refractivity (Wildman–Crippen MR) is 120 cm³/mol. The quantitative estimate of drug-likeness (QED) is 0.583. The summed E-state index contributed by atoms with van der Waals surface area (Å²) in [7, 11) is 0. The molecule has 2 amide bonds. The third kappa shape index (κ3) is 4.38. The third-order valence-electron chi connectivity index (χ3n) is 5.80. The van der Waals surface area contributed by atoms with Gasteiger partial charge in [0.2, 0.25) is 5.91 Å². The molecule has 0 N–H and O–H groups in total. The maximum Gasteiger partial charge on any atom is 0.276 e. The highest BCUT2D eigenvalue weighted by Crippen LogP contribution is 2.28. The van der Waals surface area contributed by atoms with Crippen LogP contribution >= 0.6 is 0 Å². The van der Waals surface area contributed by atoms with E-state index in [1.165, 1.54) is 6.39 Å². The zero-order valence-electron chi connectivity index (χ0n) is 18.0. The van der Waals surface area contributed by atoms with Gasteiger partial charge in [-0.25, -0.2) is 4.98 Å². The molecule has 6 nitrogen and oxygen atoms in total. The summed E-state index contributed by atoms with van der Waals surface area (Å²) in [5, 5.41) is 0. The fourth-order valence-corrected chi connectivity index (χ4v) is 4.08. The summed E-state index contributed by atoms with van der Waals surface area (Å²) < 4.78 is 5.21. The van der Waals surface area contributed by atoms with Crippen molar-refractivity contribution in [3.8, 4) is 11.1 Å². The number of hydrogen-bond acceptors (Lipinski definition) is 4. The minimum Gasteiger partial charge on any atom is -0.448 e. The molecule has 2 aromatic carbocycles. The first-order chi connectivity index (χ1) is 15.1. The minimum absolute atomic E-state index is 0.0368. The van der Waals surface area contributed by atoms with Gasteiger partial charge in [0.1, 0.15) is 12.3 Å². The molecule has 1 aromatic heterocycles. The van der Waals surface area contributed by atoms with Crippen molar-refractivity contribution >= 4 is 17.5 Å². The van der Waals surface area contributed by atoms with Crippen molar-refractivity contribution in [1.82, 2.24) is 9.88 Å². The number of carbonyl (C=O) groups is 2. The van der Waals surface area contributed by atoms with Gasteiger partial charge in [-0.15, -0.1) is 0 Å². The van der Waals surface area contributed by atoms with Gasteiger partial charge in [-0.1, -0.05) is 62.2 Å². The van der Waals surface area contributed by atoms with Gasteiger partial charge in [-0.05, 0) is 36.6 Å². The molecular weight excluding hydrogens is 390 g/mol. The molecule has 1 aliphatic rings. The third-order valence-corrected chi connectivity index (χ3v) is 5.80. The Morgan fingerprint density at radius 2 is 1.90 bits per heavy atom. The summed E-state index contributed by atoms with van der Waals surface area (Å²) in [5.41, 5.74) is 3.31. The van der Waals surface area contributed by atoms with Crippen molar-refractivity contribution in [2.45, 2.75) is 39.2 Å². The molecule has 160 valence electrons. The molecule has 31 heavy (non-hydrogen) atoms. The van der Waals surface area contributed by atoms with Gasteiger partial charge < -0.3 is 14.2 Å². The normalized spacial score (nSPS) is 16.6. The standard InChI is InChI=1S/C25H27N3O3/c1-3-4-12-22-15-27(21-13-8-11-20(14-21)19-9-6-5-7-10-19)23(29)16-28(22)25(30)24-18(2)31-17-26-24/h5-11,13-14,17,22H,3-4,12,15-16H2,1-2H3. The highest BCUT2D eigenvalue weighted by Gasteiger charge is 2.37. The van der Waals surface area contributed by atoms with Crippen LogP contribution in [0.15, 0.2) is 65.4 Å². The second-order valence-electron chi connectivity index (χ2n) is 7.91. The molecule has 6 heteroatoms. The minimum atomic E-state index is -0.238. The van der Waals surface area contributed by atoms with E-state index in [-0.39, 0.29) is 30.1 Å². The Morgan fingerprint density at radius 3 is 2.61 bits per heavy atom. The van der Waals surface area contributed by atoms with Crippen molar-refractivity contribution in [3.63, 3.8) is 0 Å². The molecule has 1 aliphatic heterocycles. The molecule has 1 unspecified atom stereocenters. The second-order valence-corrected chi connectivity index (χ2v) is 7.91. The first-order valence-electron chi connectivity index (χ1n) is 10.8. The lowest BCUT2D eigenvalue weighted by Crippen LogP contribution is -2.58. The summed E-state index contributed by atoms with van der Waals surface area (Å²) in [6, 6.07) is 18.1. The van der Waals surface area contributed by atoms with Crippen LogP contribution in [0.1, 0.15) is 42.4 Å². The number of piperazine rings is 1. The Labute approximate surface area is 182 Å². The van der Waals surface area contributed by atoms with Crippen molar-refractivity contribution < 1.29 is 14.0 Å². The molecule has 0 bridgehead atoms. The van der Waals surface area contributed by atoms with E-state index in [0.29, 0.717) is 12.3 Å². The number of benzene rings is 2. The maximum absolute atomic E-state index is 13.1. The van der Waals surface area contributed by atoms with E-state index in [9.17, 15) is 9.59 Å². The van der Waals surface area contributed by atoms with Crippen LogP contribution in [0.25, 0.3) is 11.1 Å². The molecule has 1 saturated heterocycles. The van der Waals surface area contributed by atoms with Crippen LogP contribution in [0, 0.1) is 6.92 Å². The zero-order chi connectivity index (χ0) is 21.8.